The van der Waals surface area contributed by atoms with E-state index in [0.29, 0.717) is 31.4 Å². The highest BCUT2D eigenvalue weighted by Gasteiger charge is 2.33. The predicted octanol–water partition coefficient (Wildman–Crippen LogP) is 4.51. The summed E-state index contributed by atoms with van der Waals surface area (Å²) >= 11 is 18.6. The molecule has 0 aromatic heterocycles. The number of hydrogen-bond donors (Lipinski definition) is 1. The van der Waals surface area contributed by atoms with Gasteiger partial charge in [0.25, 0.3) is 5.91 Å². The van der Waals surface area contributed by atoms with Crippen molar-refractivity contribution in [2.75, 3.05) is 6.54 Å². The first-order valence-corrected chi connectivity index (χ1v) is 9.94. The monoisotopic (exact) mass is 436 g/mol. The van der Waals surface area contributed by atoms with Crippen molar-refractivity contribution in [3.8, 4) is 0 Å². The van der Waals surface area contributed by atoms with Gasteiger partial charge in [-0.1, -0.05) is 89.6 Å². The summed E-state index contributed by atoms with van der Waals surface area (Å²) in [5, 5.41) is 3.56. The molecule has 2 aromatic carbocycles. The van der Waals surface area contributed by atoms with Crippen LogP contribution in [0.2, 0.25) is 10.0 Å². The summed E-state index contributed by atoms with van der Waals surface area (Å²) in [7, 11) is 0. The molecule has 2 aromatic rings. The molecule has 1 heterocycles. The second-order valence-corrected chi connectivity index (χ2v) is 8.13. The highest BCUT2D eigenvalue weighted by Crippen LogP contribution is 2.35. The maximum absolute atomic E-state index is 12.6. The minimum atomic E-state index is -0.323. The third-order valence-corrected chi connectivity index (χ3v) is 5.99. The number of thiocarbonyl (C=S) groups is 1. The third-order valence-electron chi connectivity index (χ3n) is 3.78. The molecule has 1 aliphatic rings. The fraction of sp³-hybridized carbons (Fsp3) is 0.105. The lowest BCUT2D eigenvalue weighted by Gasteiger charge is -2.14. The maximum atomic E-state index is 12.6. The van der Waals surface area contributed by atoms with Gasteiger partial charge in [-0.15, -0.1) is 0 Å². The zero-order valence-corrected chi connectivity index (χ0v) is 17.1. The molecule has 0 unspecified atom stereocenters. The lowest BCUT2D eigenvalue weighted by molar-refractivity contribution is -0.128. The maximum Gasteiger partial charge on any atom is 0.266 e. The molecule has 8 heteroatoms. The van der Waals surface area contributed by atoms with Gasteiger partial charge in [-0.3, -0.25) is 14.5 Å². The molecule has 0 bridgehead atoms. The van der Waals surface area contributed by atoms with Crippen LogP contribution in [0, 0.1) is 0 Å². The minimum absolute atomic E-state index is 0.127. The van der Waals surface area contributed by atoms with Crippen LogP contribution in [0.5, 0.6) is 0 Å². The fourth-order valence-corrected chi connectivity index (χ4v) is 4.01. The fourth-order valence-electron chi connectivity index (χ4n) is 2.41. The first kappa shape index (κ1) is 19.9. The summed E-state index contributed by atoms with van der Waals surface area (Å²) in [5.74, 6) is -0.604. The number of halogens is 2. The number of benzene rings is 2. The van der Waals surface area contributed by atoms with Gasteiger partial charge in [0, 0.05) is 6.54 Å². The van der Waals surface area contributed by atoms with Crippen LogP contribution in [0.4, 0.5) is 0 Å². The predicted molar refractivity (Wildman–Crippen MR) is 115 cm³/mol. The zero-order valence-electron chi connectivity index (χ0n) is 13.9. The van der Waals surface area contributed by atoms with E-state index >= 15 is 0 Å². The molecule has 2 amide bonds. The molecular formula is C19H14Cl2N2O2S2. The number of carbonyl (C=O) groups excluding carboxylic acids is 2. The number of amides is 2. The topological polar surface area (TPSA) is 49.4 Å². The van der Waals surface area contributed by atoms with Crippen LogP contribution in [-0.2, 0) is 16.1 Å². The van der Waals surface area contributed by atoms with Gasteiger partial charge in [0.1, 0.15) is 10.9 Å². The lowest BCUT2D eigenvalue weighted by atomic mass is 10.2. The van der Waals surface area contributed by atoms with Gasteiger partial charge in [0.05, 0.1) is 15.0 Å². The molecule has 27 heavy (non-hydrogen) atoms. The summed E-state index contributed by atoms with van der Waals surface area (Å²) in [6.07, 6.45) is 1.63. The van der Waals surface area contributed by atoms with E-state index in [1.165, 1.54) is 4.90 Å². The van der Waals surface area contributed by atoms with Gasteiger partial charge in [0.15, 0.2) is 0 Å². The van der Waals surface area contributed by atoms with E-state index in [1.54, 1.807) is 24.3 Å². The van der Waals surface area contributed by atoms with Crippen molar-refractivity contribution >= 4 is 69.4 Å². The van der Waals surface area contributed by atoms with Gasteiger partial charge < -0.3 is 5.32 Å². The number of nitrogens with zero attached hydrogens (tertiary/aromatic N) is 1. The number of nitrogens with one attached hydrogen (secondary N) is 1. The van der Waals surface area contributed by atoms with E-state index in [4.69, 9.17) is 35.4 Å². The normalized spacial score (nSPS) is 15.5. The van der Waals surface area contributed by atoms with E-state index in [9.17, 15) is 9.59 Å². The van der Waals surface area contributed by atoms with Crippen molar-refractivity contribution in [1.82, 2.24) is 10.2 Å². The van der Waals surface area contributed by atoms with E-state index in [1.807, 2.05) is 30.3 Å². The Morgan fingerprint density at radius 3 is 2.63 bits per heavy atom. The zero-order chi connectivity index (χ0) is 19.4. The van der Waals surface area contributed by atoms with Crippen molar-refractivity contribution in [2.45, 2.75) is 6.54 Å². The molecule has 1 aliphatic heterocycles. The molecule has 0 radical (unpaired) electrons. The van der Waals surface area contributed by atoms with Crippen LogP contribution in [0.3, 0.4) is 0 Å². The van der Waals surface area contributed by atoms with Crippen LogP contribution < -0.4 is 5.32 Å². The van der Waals surface area contributed by atoms with Crippen molar-refractivity contribution in [1.29, 1.82) is 0 Å². The van der Waals surface area contributed by atoms with Gasteiger partial charge in [-0.25, -0.2) is 0 Å². The molecule has 4 nitrogen and oxygen atoms in total. The molecule has 0 saturated carbocycles. The van der Waals surface area contributed by atoms with Gasteiger partial charge in [0.2, 0.25) is 5.91 Å². The van der Waals surface area contributed by atoms with Gasteiger partial charge in [-0.2, -0.15) is 0 Å². The Labute approximate surface area is 176 Å². The Hall–Kier alpha value is -1.86. The Bertz CT molecular complexity index is 933. The van der Waals surface area contributed by atoms with Crippen LogP contribution in [0.25, 0.3) is 6.08 Å². The average molecular weight is 437 g/mol. The van der Waals surface area contributed by atoms with Crippen LogP contribution in [0.1, 0.15) is 11.1 Å². The molecular weight excluding hydrogens is 423 g/mol. The van der Waals surface area contributed by atoms with Crippen molar-refractivity contribution in [3.63, 3.8) is 0 Å². The Morgan fingerprint density at radius 1 is 1.15 bits per heavy atom. The van der Waals surface area contributed by atoms with Crippen LogP contribution >= 0.6 is 47.2 Å². The van der Waals surface area contributed by atoms with Crippen molar-refractivity contribution in [3.05, 3.63) is 74.6 Å². The highest BCUT2D eigenvalue weighted by atomic mass is 35.5. The highest BCUT2D eigenvalue weighted by molar-refractivity contribution is 8.26. The largest absolute Gasteiger partial charge is 0.350 e. The van der Waals surface area contributed by atoms with Crippen molar-refractivity contribution in [2.24, 2.45) is 0 Å². The molecule has 1 fully saturated rings. The Balaban J connectivity index is 1.66. The molecule has 3 rings (SSSR count). The standard InChI is InChI=1S/C19H14Cl2N2O2S2/c20-14-8-4-7-13(17(14)21)9-15-18(25)23(19(26)27-15)11-16(24)22-10-12-5-2-1-3-6-12/h1-9H,10-11H2,(H,22,24)/b15-9-. The summed E-state index contributed by atoms with van der Waals surface area (Å²) in [6.45, 7) is 0.264. The second-order valence-electron chi connectivity index (χ2n) is 5.67. The molecule has 1 N–H and O–H groups in total. The van der Waals surface area contributed by atoms with E-state index < -0.39 is 0 Å². The smallest absolute Gasteiger partial charge is 0.266 e. The molecule has 0 aliphatic carbocycles. The second kappa shape index (κ2) is 8.89. The summed E-state index contributed by atoms with van der Waals surface area (Å²) in [4.78, 5) is 26.5. The molecule has 138 valence electrons. The SMILES string of the molecule is O=C(CN1C(=O)/C(=C/c2cccc(Cl)c2Cl)SC1=S)NCc1ccccc1. The van der Waals surface area contributed by atoms with E-state index in [0.717, 1.165) is 17.3 Å². The summed E-state index contributed by atoms with van der Waals surface area (Å²) in [6, 6.07) is 14.7. The quantitative estimate of drug-likeness (QED) is 0.553. The lowest BCUT2D eigenvalue weighted by Crippen LogP contribution is -2.39. The number of rotatable bonds is 5. The van der Waals surface area contributed by atoms with Gasteiger partial charge >= 0.3 is 0 Å². The number of thioether (sulfide) groups is 1. The molecule has 1 saturated heterocycles. The molecule has 0 spiro atoms. The summed E-state index contributed by atoms with van der Waals surface area (Å²) in [5.41, 5.74) is 1.60. The third kappa shape index (κ3) is 4.90. The van der Waals surface area contributed by atoms with E-state index in [-0.39, 0.29) is 18.4 Å². The van der Waals surface area contributed by atoms with Crippen LogP contribution in [0.15, 0.2) is 53.4 Å². The molecule has 0 atom stereocenters. The first-order valence-electron chi connectivity index (χ1n) is 7.95. The Morgan fingerprint density at radius 2 is 1.89 bits per heavy atom. The minimum Gasteiger partial charge on any atom is -0.350 e. The first-order chi connectivity index (χ1) is 13.0. The number of carbonyl (C=O) groups is 2. The summed E-state index contributed by atoms with van der Waals surface area (Å²) < 4.78 is 0.333. The van der Waals surface area contributed by atoms with Gasteiger partial charge in [-0.05, 0) is 23.3 Å². The van der Waals surface area contributed by atoms with Crippen molar-refractivity contribution < 1.29 is 9.59 Å². The van der Waals surface area contributed by atoms with E-state index in [2.05, 4.69) is 5.32 Å². The average Bonchev–Trinajstić information content (AvgIpc) is 2.92. The number of hydrogen-bond acceptors (Lipinski definition) is 4. The Kier molecular flexibility index (Phi) is 6.55. The van der Waals surface area contributed by atoms with Crippen LogP contribution in [-0.4, -0.2) is 27.6 Å².